The van der Waals surface area contributed by atoms with Crippen LogP contribution in [0.4, 0.5) is 5.69 Å². The summed E-state index contributed by atoms with van der Waals surface area (Å²) < 4.78 is 0. The van der Waals surface area contributed by atoms with Crippen LogP contribution in [0.25, 0.3) is 9.88 Å². The standard InChI is InChI=1S/C18H17N3O3S2/c1-12(13-5-3-6-15(9-13)21(23)24)20(2)17(22)10-14-11-26-18(19-14)16-7-4-8-25-16/h3-9,11-12H,10H2,1-2H3/t12-/m0/s1. The lowest BCUT2D eigenvalue weighted by Crippen LogP contribution is -2.31. The maximum absolute atomic E-state index is 12.6. The molecule has 0 spiro atoms. The Hall–Kier alpha value is -2.58. The number of carbonyl (C=O) groups is 1. The van der Waals surface area contributed by atoms with E-state index in [1.807, 2.05) is 29.8 Å². The molecule has 1 amide bonds. The van der Waals surface area contributed by atoms with Crippen LogP contribution in [0, 0.1) is 10.1 Å². The Morgan fingerprint density at radius 2 is 2.12 bits per heavy atom. The summed E-state index contributed by atoms with van der Waals surface area (Å²) in [6.07, 6.45) is 0.206. The topological polar surface area (TPSA) is 76.3 Å². The number of nitro groups is 1. The van der Waals surface area contributed by atoms with E-state index in [-0.39, 0.29) is 24.1 Å². The number of benzene rings is 1. The number of carbonyl (C=O) groups excluding carboxylic acids is 1. The molecule has 6 nitrogen and oxygen atoms in total. The van der Waals surface area contributed by atoms with E-state index in [4.69, 9.17) is 0 Å². The lowest BCUT2D eigenvalue weighted by atomic mass is 10.1. The second kappa shape index (κ2) is 7.76. The van der Waals surface area contributed by atoms with E-state index >= 15 is 0 Å². The number of nitrogens with zero attached hydrogens (tertiary/aromatic N) is 3. The van der Waals surface area contributed by atoms with Crippen LogP contribution in [0.15, 0.2) is 47.2 Å². The predicted octanol–water partition coefficient (Wildman–Crippen LogP) is 4.54. The van der Waals surface area contributed by atoms with Gasteiger partial charge in [0.25, 0.3) is 5.69 Å². The van der Waals surface area contributed by atoms with Gasteiger partial charge in [-0.25, -0.2) is 4.98 Å². The van der Waals surface area contributed by atoms with Gasteiger partial charge in [0.15, 0.2) is 0 Å². The molecule has 0 unspecified atom stereocenters. The first-order chi connectivity index (χ1) is 12.5. The molecule has 2 heterocycles. The van der Waals surface area contributed by atoms with Crippen LogP contribution in [-0.4, -0.2) is 27.8 Å². The van der Waals surface area contributed by atoms with Gasteiger partial charge in [0.05, 0.1) is 28.0 Å². The number of aromatic nitrogens is 1. The van der Waals surface area contributed by atoms with Gasteiger partial charge in [-0.15, -0.1) is 22.7 Å². The van der Waals surface area contributed by atoms with E-state index in [0.717, 1.165) is 21.1 Å². The van der Waals surface area contributed by atoms with E-state index in [2.05, 4.69) is 4.98 Å². The molecule has 134 valence electrons. The highest BCUT2D eigenvalue weighted by atomic mass is 32.1. The minimum absolute atomic E-state index is 0.0234. The molecule has 0 saturated carbocycles. The number of hydrogen-bond acceptors (Lipinski definition) is 6. The zero-order valence-electron chi connectivity index (χ0n) is 14.3. The number of likely N-dealkylation sites (N-methyl/N-ethyl adjacent to an activating group) is 1. The van der Waals surface area contributed by atoms with Crippen LogP contribution in [0.2, 0.25) is 0 Å². The molecule has 3 rings (SSSR count). The van der Waals surface area contributed by atoms with Crippen molar-refractivity contribution in [3.63, 3.8) is 0 Å². The highest BCUT2D eigenvalue weighted by Crippen LogP contribution is 2.28. The first-order valence-corrected chi connectivity index (χ1v) is 9.70. The summed E-state index contributed by atoms with van der Waals surface area (Å²) in [5, 5.41) is 15.8. The quantitative estimate of drug-likeness (QED) is 0.459. The Bertz CT molecular complexity index is 921. The second-order valence-corrected chi connectivity index (χ2v) is 7.64. The Balaban J connectivity index is 1.69. The maximum Gasteiger partial charge on any atom is 0.269 e. The van der Waals surface area contributed by atoms with Crippen LogP contribution < -0.4 is 0 Å². The monoisotopic (exact) mass is 387 g/mol. The minimum atomic E-state index is -0.431. The van der Waals surface area contributed by atoms with Gasteiger partial charge in [-0.05, 0) is 23.9 Å². The summed E-state index contributed by atoms with van der Waals surface area (Å²) in [5.41, 5.74) is 1.49. The molecule has 0 N–H and O–H groups in total. The number of nitro benzene ring substituents is 1. The smallest absolute Gasteiger partial charge is 0.269 e. The SMILES string of the molecule is C[C@@H](c1cccc([N+](=O)[O-])c1)N(C)C(=O)Cc1csc(-c2cccs2)n1. The number of thiazole rings is 1. The zero-order chi connectivity index (χ0) is 18.7. The van der Waals surface area contributed by atoms with E-state index < -0.39 is 4.92 Å². The molecular formula is C18H17N3O3S2. The molecule has 1 aromatic carbocycles. The Morgan fingerprint density at radius 3 is 2.81 bits per heavy atom. The lowest BCUT2D eigenvalue weighted by Gasteiger charge is -2.25. The Morgan fingerprint density at radius 1 is 1.31 bits per heavy atom. The van der Waals surface area contributed by atoms with Crippen molar-refractivity contribution in [1.82, 2.24) is 9.88 Å². The number of non-ortho nitro benzene ring substituents is 1. The Kier molecular flexibility index (Phi) is 5.43. The van der Waals surface area contributed by atoms with Crippen molar-refractivity contribution in [2.75, 3.05) is 7.05 Å². The molecule has 2 aromatic heterocycles. The van der Waals surface area contributed by atoms with Gasteiger partial charge in [0, 0.05) is 24.6 Å². The largest absolute Gasteiger partial charge is 0.339 e. The molecule has 1 atom stereocenters. The summed E-state index contributed by atoms with van der Waals surface area (Å²) in [6, 6.07) is 10.1. The van der Waals surface area contributed by atoms with Crippen LogP contribution >= 0.6 is 22.7 Å². The summed E-state index contributed by atoms with van der Waals surface area (Å²) in [4.78, 5) is 30.3. The lowest BCUT2D eigenvalue weighted by molar-refractivity contribution is -0.384. The molecule has 0 aliphatic rings. The first kappa shape index (κ1) is 18.2. The molecule has 0 aliphatic heterocycles. The average molecular weight is 387 g/mol. The van der Waals surface area contributed by atoms with Crippen molar-refractivity contribution < 1.29 is 9.72 Å². The maximum atomic E-state index is 12.6. The average Bonchev–Trinajstić information content (AvgIpc) is 3.32. The van der Waals surface area contributed by atoms with Gasteiger partial charge in [-0.2, -0.15) is 0 Å². The zero-order valence-corrected chi connectivity index (χ0v) is 15.9. The summed E-state index contributed by atoms with van der Waals surface area (Å²) >= 11 is 3.14. The molecule has 0 saturated heterocycles. The molecular weight excluding hydrogens is 370 g/mol. The van der Waals surface area contributed by atoms with Crippen molar-refractivity contribution in [2.45, 2.75) is 19.4 Å². The summed E-state index contributed by atoms with van der Waals surface area (Å²) in [5.74, 6) is -0.0768. The van der Waals surface area contributed by atoms with Crippen molar-refractivity contribution >= 4 is 34.3 Å². The molecule has 8 heteroatoms. The predicted molar refractivity (Wildman–Crippen MR) is 103 cm³/mol. The normalized spacial score (nSPS) is 11.9. The van der Waals surface area contributed by atoms with E-state index in [0.29, 0.717) is 0 Å². The molecule has 0 aliphatic carbocycles. The van der Waals surface area contributed by atoms with Crippen molar-refractivity contribution in [1.29, 1.82) is 0 Å². The third-order valence-electron chi connectivity index (χ3n) is 4.15. The van der Waals surface area contributed by atoms with Gasteiger partial charge in [0.1, 0.15) is 5.01 Å². The van der Waals surface area contributed by atoms with Gasteiger partial charge < -0.3 is 4.90 Å². The summed E-state index contributed by atoms with van der Waals surface area (Å²) in [7, 11) is 1.71. The van der Waals surface area contributed by atoms with Gasteiger partial charge in [-0.1, -0.05) is 18.2 Å². The highest BCUT2D eigenvalue weighted by Gasteiger charge is 2.20. The third kappa shape index (κ3) is 3.97. The second-order valence-electron chi connectivity index (χ2n) is 5.83. The number of amides is 1. The van der Waals surface area contributed by atoms with Crippen LogP contribution in [-0.2, 0) is 11.2 Å². The number of rotatable bonds is 6. The van der Waals surface area contributed by atoms with Gasteiger partial charge in [0.2, 0.25) is 5.91 Å². The van der Waals surface area contributed by atoms with E-state index in [1.54, 1.807) is 35.4 Å². The first-order valence-electron chi connectivity index (χ1n) is 7.94. The number of hydrogen-bond donors (Lipinski definition) is 0. The van der Waals surface area contributed by atoms with Gasteiger partial charge in [-0.3, -0.25) is 14.9 Å². The molecule has 0 bridgehead atoms. The molecule has 26 heavy (non-hydrogen) atoms. The fraction of sp³-hybridized carbons (Fsp3) is 0.222. The fourth-order valence-electron chi connectivity index (χ4n) is 2.52. The molecule has 0 radical (unpaired) electrons. The van der Waals surface area contributed by atoms with Crippen molar-refractivity contribution in [3.05, 3.63) is 68.5 Å². The molecule has 0 fully saturated rings. The van der Waals surface area contributed by atoms with Crippen LogP contribution in [0.3, 0.4) is 0 Å². The Labute approximate surface area is 158 Å². The van der Waals surface area contributed by atoms with E-state index in [1.165, 1.54) is 23.5 Å². The molecule has 3 aromatic rings. The van der Waals surface area contributed by atoms with Gasteiger partial charge >= 0.3 is 0 Å². The van der Waals surface area contributed by atoms with Crippen LogP contribution in [0.5, 0.6) is 0 Å². The van der Waals surface area contributed by atoms with E-state index in [9.17, 15) is 14.9 Å². The van der Waals surface area contributed by atoms with Crippen LogP contribution in [0.1, 0.15) is 24.2 Å². The minimum Gasteiger partial charge on any atom is -0.339 e. The third-order valence-corrected chi connectivity index (χ3v) is 6.08. The van der Waals surface area contributed by atoms with Crippen molar-refractivity contribution in [3.8, 4) is 9.88 Å². The van der Waals surface area contributed by atoms with Crippen molar-refractivity contribution in [2.24, 2.45) is 0 Å². The summed E-state index contributed by atoms with van der Waals surface area (Å²) in [6.45, 7) is 1.86. The fourth-order valence-corrected chi connectivity index (χ4v) is 4.15. The highest BCUT2D eigenvalue weighted by molar-refractivity contribution is 7.20. The number of thiophene rings is 1.